The maximum absolute atomic E-state index is 11.8. The highest BCUT2D eigenvalue weighted by Crippen LogP contribution is 2.33. The Bertz CT molecular complexity index is 1530. The molecule has 1 aliphatic heterocycles. The quantitative estimate of drug-likeness (QED) is 0.378. The summed E-state index contributed by atoms with van der Waals surface area (Å²) in [5.74, 6) is 0.493. The maximum Gasteiger partial charge on any atom is 0.262 e. The molecule has 1 aromatic heterocycles. The summed E-state index contributed by atoms with van der Waals surface area (Å²) >= 11 is 1.52. The molecule has 8 heteroatoms. The van der Waals surface area contributed by atoms with Crippen molar-refractivity contribution in [3.8, 4) is 17.0 Å². The van der Waals surface area contributed by atoms with Gasteiger partial charge in [-0.3, -0.25) is 4.79 Å². The van der Waals surface area contributed by atoms with Crippen LogP contribution in [0, 0.1) is 13.8 Å². The molecule has 0 saturated carbocycles. The van der Waals surface area contributed by atoms with Crippen LogP contribution in [0.15, 0.2) is 76.1 Å². The van der Waals surface area contributed by atoms with Gasteiger partial charge in [-0.15, -0.1) is 11.3 Å². The Morgan fingerprint density at radius 1 is 1.06 bits per heavy atom. The van der Waals surface area contributed by atoms with Gasteiger partial charge in [0.2, 0.25) is 4.80 Å². The third kappa shape index (κ3) is 4.94. The van der Waals surface area contributed by atoms with Crippen LogP contribution in [0.3, 0.4) is 0 Å². The topological polar surface area (TPSA) is 71.2 Å². The van der Waals surface area contributed by atoms with Crippen LogP contribution in [0.5, 0.6) is 5.75 Å². The van der Waals surface area contributed by atoms with Gasteiger partial charge in [-0.2, -0.15) is 5.10 Å². The number of aryl methyl sites for hydroxylation is 2. The molecule has 7 nitrogen and oxygen atoms in total. The van der Waals surface area contributed by atoms with E-state index in [0.717, 1.165) is 38.6 Å². The van der Waals surface area contributed by atoms with Gasteiger partial charge in [-0.25, -0.2) is 9.67 Å². The molecule has 3 aromatic carbocycles. The van der Waals surface area contributed by atoms with Gasteiger partial charge >= 0.3 is 0 Å². The standard InChI is InChI=1S/C28H27N5O2S/c1-18-5-11-23(19(2)13-18)31-28-33(29-15-20-6-9-22(10-7-20)32(3)4)25(17-36-28)21-8-12-26-24(14-21)30-27(34)16-35-26/h5-15,17H,16H2,1-4H3,(H,30,34). The van der Waals surface area contributed by atoms with Crippen LogP contribution in [0.4, 0.5) is 17.1 Å². The summed E-state index contributed by atoms with van der Waals surface area (Å²) in [6.07, 6.45) is 1.83. The van der Waals surface area contributed by atoms with E-state index in [9.17, 15) is 4.79 Å². The smallest absolute Gasteiger partial charge is 0.262 e. The number of hydrogen-bond donors (Lipinski definition) is 1. The van der Waals surface area contributed by atoms with Gasteiger partial charge in [0, 0.05) is 30.7 Å². The number of nitrogens with zero attached hydrogens (tertiary/aromatic N) is 4. The zero-order valence-corrected chi connectivity index (χ0v) is 21.5. The molecule has 5 rings (SSSR count). The lowest BCUT2D eigenvalue weighted by atomic mass is 10.1. The van der Waals surface area contributed by atoms with Gasteiger partial charge < -0.3 is 15.0 Å². The highest BCUT2D eigenvalue weighted by molar-refractivity contribution is 7.07. The van der Waals surface area contributed by atoms with E-state index in [2.05, 4.69) is 48.3 Å². The molecule has 0 fully saturated rings. The van der Waals surface area contributed by atoms with Crippen molar-refractivity contribution in [3.05, 3.63) is 87.5 Å². The normalized spacial score (nSPS) is 13.4. The summed E-state index contributed by atoms with van der Waals surface area (Å²) in [6, 6.07) is 20.2. The first-order chi connectivity index (χ1) is 17.4. The number of benzene rings is 3. The first-order valence-electron chi connectivity index (χ1n) is 11.6. The van der Waals surface area contributed by atoms with Crippen LogP contribution in [-0.4, -0.2) is 37.5 Å². The molecule has 4 aromatic rings. The molecule has 1 amide bonds. The molecule has 0 radical (unpaired) electrons. The Labute approximate surface area is 214 Å². The van der Waals surface area contributed by atoms with Crippen LogP contribution in [0.25, 0.3) is 11.3 Å². The summed E-state index contributed by atoms with van der Waals surface area (Å²) < 4.78 is 7.37. The van der Waals surface area contributed by atoms with Crippen molar-refractivity contribution in [3.63, 3.8) is 0 Å². The average Bonchev–Trinajstić information content (AvgIpc) is 3.26. The Kier molecular flexibility index (Phi) is 6.43. The summed E-state index contributed by atoms with van der Waals surface area (Å²) in [5.41, 5.74) is 7.73. The zero-order valence-electron chi connectivity index (χ0n) is 20.6. The van der Waals surface area contributed by atoms with Crippen molar-refractivity contribution < 1.29 is 9.53 Å². The monoisotopic (exact) mass is 497 g/mol. The van der Waals surface area contributed by atoms with E-state index in [-0.39, 0.29) is 12.5 Å². The fourth-order valence-corrected chi connectivity index (χ4v) is 4.80. The van der Waals surface area contributed by atoms with Crippen LogP contribution in [0.2, 0.25) is 0 Å². The number of thiazole rings is 1. The lowest BCUT2D eigenvalue weighted by molar-refractivity contribution is -0.118. The third-order valence-corrected chi connectivity index (χ3v) is 6.71. The van der Waals surface area contributed by atoms with Gasteiger partial charge in [0.15, 0.2) is 6.61 Å². The molecule has 1 N–H and O–H groups in total. The molecule has 182 valence electrons. The van der Waals surface area contributed by atoms with Crippen LogP contribution in [0.1, 0.15) is 16.7 Å². The molecular formula is C28H27N5O2S. The highest BCUT2D eigenvalue weighted by Gasteiger charge is 2.18. The number of anilines is 2. The number of nitrogens with one attached hydrogen (secondary N) is 1. The lowest BCUT2D eigenvalue weighted by Crippen LogP contribution is -2.25. The molecular weight excluding hydrogens is 470 g/mol. The van der Waals surface area contributed by atoms with E-state index in [1.165, 1.54) is 16.9 Å². The second-order valence-electron chi connectivity index (χ2n) is 8.90. The number of aromatic nitrogens is 1. The van der Waals surface area contributed by atoms with Crippen LogP contribution >= 0.6 is 11.3 Å². The number of carbonyl (C=O) groups excluding carboxylic acids is 1. The van der Waals surface area contributed by atoms with Crippen molar-refractivity contribution in [1.82, 2.24) is 4.68 Å². The third-order valence-electron chi connectivity index (χ3n) is 5.89. The SMILES string of the molecule is Cc1ccc(N=c2scc(-c3ccc4c(c3)NC(=O)CO4)n2N=Cc2ccc(N(C)C)cc2)c(C)c1. The zero-order chi connectivity index (χ0) is 25.2. The minimum Gasteiger partial charge on any atom is -0.482 e. The molecule has 0 unspecified atom stereocenters. The van der Waals surface area contributed by atoms with E-state index >= 15 is 0 Å². The molecule has 0 atom stereocenters. The van der Waals surface area contributed by atoms with Gasteiger partial charge in [-0.05, 0) is 61.4 Å². The molecule has 0 spiro atoms. The summed E-state index contributed by atoms with van der Waals surface area (Å²) in [4.78, 5) is 19.6. The Morgan fingerprint density at radius 2 is 1.86 bits per heavy atom. The van der Waals surface area contributed by atoms with Gasteiger partial charge in [0.05, 0.1) is 23.3 Å². The number of hydrogen-bond acceptors (Lipinski definition) is 6. The minimum absolute atomic E-state index is 0.0284. The average molecular weight is 498 g/mol. The lowest BCUT2D eigenvalue weighted by Gasteiger charge is -2.18. The number of amides is 1. The molecule has 0 bridgehead atoms. The Morgan fingerprint density at radius 3 is 2.61 bits per heavy atom. The summed E-state index contributed by atoms with van der Waals surface area (Å²) in [5, 5.41) is 9.75. The predicted molar refractivity (Wildman–Crippen MR) is 147 cm³/mol. The van der Waals surface area contributed by atoms with E-state index in [4.69, 9.17) is 14.8 Å². The molecule has 1 aliphatic rings. The summed E-state index contributed by atoms with van der Waals surface area (Å²) in [6.45, 7) is 4.16. The van der Waals surface area contributed by atoms with Gasteiger partial charge in [0.25, 0.3) is 5.91 Å². The predicted octanol–water partition coefficient (Wildman–Crippen LogP) is 5.34. The van der Waals surface area contributed by atoms with Crippen molar-refractivity contribution in [2.24, 2.45) is 10.1 Å². The Hall–Kier alpha value is -4.17. The molecule has 0 aliphatic carbocycles. The first kappa shape index (κ1) is 23.6. The van der Waals surface area contributed by atoms with Crippen molar-refractivity contribution in [2.75, 3.05) is 30.9 Å². The van der Waals surface area contributed by atoms with E-state index < -0.39 is 0 Å². The van der Waals surface area contributed by atoms with E-state index in [0.29, 0.717) is 11.4 Å². The van der Waals surface area contributed by atoms with Crippen LogP contribution < -0.4 is 19.8 Å². The number of fused-ring (bicyclic) bond motifs is 1. The van der Waals surface area contributed by atoms with E-state index in [1.807, 2.05) is 66.8 Å². The maximum atomic E-state index is 11.8. The molecule has 36 heavy (non-hydrogen) atoms. The number of carbonyl (C=O) groups is 1. The second kappa shape index (κ2) is 9.83. The van der Waals surface area contributed by atoms with Crippen LogP contribution in [-0.2, 0) is 4.79 Å². The van der Waals surface area contributed by atoms with Crippen molar-refractivity contribution in [2.45, 2.75) is 13.8 Å². The molecule has 2 heterocycles. The fourth-order valence-electron chi connectivity index (χ4n) is 3.95. The first-order valence-corrected chi connectivity index (χ1v) is 12.5. The fraction of sp³-hybridized carbons (Fsp3) is 0.179. The Balaban J connectivity index is 1.61. The van der Waals surface area contributed by atoms with Gasteiger partial charge in [0.1, 0.15) is 5.75 Å². The van der Waals surface area contributed by atoms with Gasteiger partial charge in [-0.1, -0.05) is 29.8 Å². The largest absolute Gasteiger partial charge is 0.482 e. The number of rotatable bonds is 5. The second-order valence-corrected chi connectivity index (χ2v) is 9.73. The van der Waals surface area contributed by atoms with E-state index in [1.54, 1.807) is 0 Å². The number of ether oxygens (including phenoxy) is 1. The van der Waals surface area contributed by atoms with Crippen molar-refractivity contribution in [1.29, 1.82) is 0 Å². The molecule has 0 saturated heterocycles. The van der Waals surface area contributed by atoms with Crippen molar-refractivity contribution >= 4 is 40.5 Å². The minimum atomic E-state index is -0.164. The highest BCUT2D eigenvalue weighted by atomic mass is 32.1. The summed E-state index contributed by atoms with van der Waals surface area (Å²) in [7, 11) is 4.03.